The van der Waals surface area contributed by atoms with Gasteiger partial charge in [0, 0.05) is 62.7 Å². The number of nitrogens with one attached hydrogen (secondary N) is 1. The number of primary amides is 1. The predicted molar refractivity (Wildman–Crippen MR) is 193 cm³/mol. The summed E-state index contributed by atoms with van der Waals surface area (Å²) in [6.07, 6.45) is 4.32. The fourth-order valence-corrected chi connectivity index (χ4v) is 6.99. The minimum Gasteiger partial charge on any atom is -1.00 e. The van der Waals surface area contributed by atoms with Crippen LogP contribution in [0.3, 0.4) is 0 Å². The average molecular weight is 817 g/mol. The molecule has 4 heterocycles. The number of piperidine rings is 1. The summed E-state index contributed by atoms with van der Waals surface area (Å²) in [5.74, 6) is 0.135. The van der Waals surface area contributed by atoms with E-state index < -0.39 is 23.7 Å². The number of aromatic amines is 1. The average Bonchev–Trinajstić information content (AvgIpc) is 3.68. The van der Waals surface area contributed by atoms with E-state index in [0.29, 0.717) is 17.6 Å². The maximum Gasteiger partial charge on any atom is 0.413 e. The number of nitrogens with zero attached hydrogens (tertiary/aromatic N) is 6. The van der Waals surface area contributed by atoms with Crippen molar-refractivity contribution in [2.45, 2.75) is 78.7 Å². The van der Waals surface area contributed by atoms with E-state index in [4.69, 9.17) is 15.2 Å². The topological polar surface area (TPSA) is 148 Å². The van der Waals surface area contributed by atoms with Gasteiger partial charge < -0.3 is 54.0 Å². The van der Waals surface area contributed by atoms with E-state index in [1.807, 2.05) is 4.52 Å². The largest absolute Gasteiger partial charge is 1.00 e. The highest BCUT2D eigenvalue weighted by Gasteiger charge is 2.37. The van der Waals surface area contributed by atoms with Gasteiger partial charge in [0.1, 0.15) is 11.9 Å². The van der Waals surface area contributed by atoms with Crippen molar-refractivity contribution >= 4 is 34.6 Å². The van der Waals surface area contributed by atoms with E-state index in [9.17, 15) is 14.4 Å². The summed E-state index contributed by atoms with van der Waals surface area (Å²) in [7, 11) is 3.25. The van der Waals surface area contributed by atoms with Crippen LogP contribution in [0.25, 0.3) is 27.8 Å². The lowest BCUT2D eigenvalue weighted by molar-refractivity contribution is -0.941. The molecule has 13 nitrogen and oxygen atoms in total. The summed E-state index contributed by atoms with van der Waals surface area (Å²) in [5, 5.41) is 5.62. The van der Waals surface area contributed by atoms with Gasteiger partial charge in [-0.05, 0) is 80.8 Å². The molecule has 1 saturated heterocycles. The number of fused-ring (bicyclic) bond motifs is 2. The molecular formula is C37H53IN8O5. The number of nitrogens with two attached hydrogens (primary N) is 1. The first-order chi connectivity index (χ1) is 23.5. The molecule has 0 spiro atoms. The highest BCUT2D eigenvalue weighted by Crippen LogP contribution is 2.40. The number of amides is 3. The minimum absolute atomic E-state index is 0. The van der Waals surface area contributed by atoms with Gasteiger partial charge in [0.25, 0.3) is 5.91 Å². The lowest BCUT2D eigenvalue weighted by Crippen LogP contribution is -3.00. The van der Waals surface area contributed by atoms with Gasteiger partial charge in [-0.15, -0.1) is 0 Å². The molecule has 0 saturated carbocycles. The molecule has 4 aromatic rings. The van der Waals surface area contributed by atoms with Gasteiger partial charge in [-0.2, -0.15) is 5.10 Å². The number of quaternary nitrogens is 1. The van der Waals surface area contributed by atoms with Crippen molar-refractivity contribution in [3.63, 3.8) is 0 Å². The van der Waals surface area contributed by atoms with Gasteiger partial charge in [0.2, 0.25) is 6.73 Å². The molecule has 3 amide bonds. The number of rotatable bonds is 10. The molecule has 14 heteroatoms. The molecule has 1 aliphatic rings. The second-order valence-corrected chi connectivity index (χ2v) is 15.2. The number of aromatic nitrogens is 4. The second kappa shape index (κ2) is 15.8. The number of pyridine rings is 1. The van der Waals surface area contributed by atoms with E-state index in [1.54, 1.807) is 41.2 Å². The number of carbonyl (C=O) groups excluding carboxylic acids is 3. The Morgan fingerprint density at radius 2 is 1.71 bits per heavy atom. The fourth-order valence-electron chi connectivity index (χ4n) is 6.99. The van der Waals surface area contributed by atoms with Crippen LogP contribution in [0.4, 0.5) is 9.59 Å². The summed E-state index contributed by atoms with van der Waals surface area (Å²) in [5.41, 5.74) is 14.1. The smallest absolute Gasteiger partial charge is 0.413 e. The molecule has 0 atom stereocenters. The lowest BCUT2D eigenvalue weighted by Gasteiger charge is -2.42. The quantitative estimate of drug-likeness (QED) is 0.185. The molecule has 0 radical (unpaired) electrons. The summed E-state index contributed by atoms with van der Waals surface area (Å²) in [6.45, 7) is 16.1. The third kappa shape index (κ3) is 8.94. The summed E-state index contributed by atoms with van der Waals surface area (Å²) in [4.78, 5) is 48.4. The number of halogens is 1. The van der Waals surface area contributed by atoms with Crippen molar-refractivity contribution in [1.82, 2.24) is 29.4 Å². The summed E-state index contributed by atoms with van der Waals surface area (Å²) in [6, 6.07) is 6.70. The van der Waals surface area contributed by atoms with E-state index in [2.05, 4.69) is 67.2 Å². The zero-order valence-corrected chi connectivity index (χ0v) is 33.5. The Labute approximate surface area is 317 Å². The molecule has 278 valence electrons. The number of likely N-dealkylation sites (tertiary alicyclic amines) is 1. The molecule has 51 heavy (non-hydrogen) atoms. The first-order valence-corrected chi connectivity index (χ1v) is 17.4. The van der Waals surface area contributed by atoms with Crippen LogP contribution in [-0.4, -0.2) is 111 Å². The normalized spacial score (nSPS) is 17.7. The third-order valence-corrected chi connectivity index (χ3v) is 9.95. The van der Waals surface area contributed by atoms with Crippen LogP contribution in [-0.2, 0) is 14.3 Å². The van der Waals surface area contributed by atoms with Gasteiger partial charge in [-0.3, -0.25) is 9.28 Å². The van der Waals surface area contributed by atoms with Gasteiger partial charge in [0.05, 0.1) is 18.8 Å². The van der Waals surface area contributed by atoms with Gasteiger partial charge in [-0.25, -0.2) is 19.1 Å². The van der Waals surface area contributed by atoms with Crippen molar-refractivity contribution in [3.8, 4) is 11.3 Å². The van der Waals surface area contributed by atoms with E-state index in [1.165, 1.54) is 31.9 Å². The SMILES string of the molecule is Cc1c(-c2[nH]c3ccc(C4CC[N+](COC(=O)N(C)CCN(C)C(=O)OC(C)(C)C)(CC(N)=O)CC4)cc3c2C(C)C)cn2ncnc2c1C.[I-]. The van der Waals surface area contributed by atoms with Gasteiger partial charge in [0.15, 0.2) is 12.2 Å². The van der Waals surface area contributed by atoms with Gasteiger partial charge >= 0.3 is 12.2 Å². The Morgan fingerprint density at radius 3 is 2.31 bits per heavy atom. The van der Waals surface area contributed by atoms with Crippen molar-refractivity contribution in [2.75, 3.05) is 53.5 Å². The monoisotopic (exact) mass is 816 g/mol. The number of ether oxygens (including phenoxy) is 2. The number of benzene rings is 1. The van der Waals surface area contributed by atoms with Crippen LogP contribution in [0.2, 0.25) is 0 Å². The number of hydrogen-bond donors (Lipinski definition) is 2. The van der Waals surface area contributed by atoms with Crippen LogP contribution < -0.4 is 29.7 Å². The molecule has 0 unspecified atom stereocenters. The number of hydrogen-bond acceptors (Lipinski definition) is 7. The Kier molecular flexibility index (Phi) is 12.3. The molecule has 0 aliphatic carbocycles. The number of aryl methyl sites for hydroxylation is 1. The molecule has 3 N–H and O–H groups in total. The second-order valence-electron chi connectivity index (χ2n) is 15.2. The maximum absolute atomic E-state index is 12.9. The van der Waals surface area contributed by atoms with E-state index in [0.717, 1.165) is 40.8 Å². The first kappa shape index (κ1) is 39.9. The molecule has 3 aromatic heterocycles. The zero-order chi connectivity index (χ0) is 36.5. The first-order valence-electron chi connectivity index (χ1n) is 17.4. The number of H-pyrrole nitrogens is 1. The Morgan fingerprint density at radius 1 is 1.06 bits per heavy atom. The Hall–Kier alpha value is -3.92. The van der Waals surface area contributed by atoms with Gasteiger partial charge in [-0.1, -0.05) is 19.9 Å². The van der Waals surface area contributed by atoms with Crippen LogP contribution >= 0.6 is 0 Å². The third-order valence-electron chi connectivity index (χ3n) is 9.95. The van der Waals surface area contributed by atoms with Crippen LogP contribution in [0.1, 0.15) is 81.5 Å². The molecule has 1 aliphatic heterocycles. The Bertz CT molecular complexity index is 1890. The van der Waals surface area contributed by atoms with Crippen molar-refractivity contribution in [3.05, 3.63) is 53.0 Å². The molecule has 1 aromatic carbocycles. The maximum atomic E-state index is 12.9. The minimum atomic E-state index is -0.606. The molecule has 0 bridgehead atoms. The predicted octanol–water partition coefficient (Wildman–Crippen LogP) is 2.69. The summed E-state index contributed by atoms with van der Waals surface area (Å²) < 4.78 is 13.3. The number of carbonyl (C=O) groups is 3. The van der Waals surface area contributed by atoms with Crippen LogP contribution in [0.5, 0.6) is 0 Å². The fraction of sp³-hybridized carbons (Fsp3) is 0.541. The van der Waals surface area contributed by atoms with Crippen LogP contribution in [0.15, 0.2) is 30.7 Å². The molecule has 1 fully saturated rings. The van der Waals surface area contributed by atoms with Crippen LogP contribution in [0, 0.1) is 13.8 Å². The highest BCUT2D eigenvalue weighted by atomic mass is 127. The Balaban J connectivity index is 0.00000583. The summed E-state index contributed by atoms with van der Waals surface area (Å²) >= 11 is 0. The zero-order valence-electron chi connectivity index (χ0n) is 31.4. The lowest BCUT2D eigenvalue weighted by atomic mass is 9.86. The molecule has 5 rings (SSSR count). The van der Waals surface area contributed by atoms with E-state index >= 15 is 0 Å². The standard InChI is InChI=1S/C37H52N8O5.HI/c1-23(2)32-28-18-27(10-11-30(28)41-33(32)29-19-44-34(39-21-40-44)25(4)24(29)3)26-12-16-45(17-13-26,20-31(38)46)22-49-35(47)42(8)14-15-43(9)36(48)50-37(5,6)7;/h10-11,18-19,21,23,26,41H,12-17,20,22H2,1-9H3,(H-,38,46);1H. The van der Waals surface area contributed by atoms with E-state index in [-0.39, 0.29) is 62.2 Å². The molecular weight excluding hydrogens is 763 g/mol. The highest BCUT2D eigenvalue weighted by molar-refractivity contribution is 5.92. The van der Waals surface area contributed by atoms with Crippen molar-refractivity contribution < 1.29 is 52.3 Å². The van der Waals surface area contributed by atoms with Crippen molar-refractivity contribution in [1.29, 1.82) is 0 Å². The van der Waals surface area contributed by atoms with Crippen molar-refractivity contribution in [2.24, 2.45) is 5.73 Å². The number of likely N-dealkylation sites (N-methyl/N-ethyl adjacent to an activating group) is 2.